The summed E-state index contributed by atoms with van der Waals surface area (Å²) in [6, 6.07) is 3.50. The fourth-order valence-corrected chi connectivity index (χ4v) is 2.98. The van der Waals surface area contributed by atoms with Gasteiger partial charge < -0.3 is 4.74 Å². The highest BCUT2D eigenvalue weighted by Crippen LogP contribution is 2.22. The molecule has 0 heterocycles. The molecular weight excluding hydrogens is 285 g/mol. The van der Waals surface area contributed by atoms with E-state index in [9.17, 15) is 17.6 Å². The van der Waals surface area contributed by atoms with Crippen molar-refractivity contribution in [2.75, 3.05) is 7.11 Å². The topological polar surface area (TPSA) is 72.5 Å². The molecule has 0 aromatic heterocycles. The van der Waals surface area contributed by atoms with Crippen molar-refractivity contribution in [3.8, 4) is 0 Å². The van der Waals surface area contributed by atoms with Crippen molar-refractivity contribution < 1.29 is 22.3 Å². The second-order valence-electron chi connectivity index (χ2n) is 5.40. The lowest BCUT2D eigenvalue weighted by Gasteiger charge is -2.28. The maximum Gasteiger partial charge on any atom is 0.324 e. The summed E-state index contributed by atoms with van der Waals surface area (Å²) in [5, 5.41) is 0. The minimum Gasteiger partial charge on any atom is -0.468 e. The third-order valence-corrected chi connectivity index (χ3v) is 4.10. The van der Waals surface area contributed by atoms with E-state index in [0.717, 1.165) is 12.1 Å². The molecule has 0 saturated carbocycles. The zero-order valence-corrected chi connectivity index (χ0v) is 12.6. The zero-order valence-electron chi connectivity index (χ0n) is 11.8. The smallest absolute Gasteiger partial charge is 0.324 e. The fourth-order valence-electron chi connectivity index (χ4n) is 1.55. The van der Waals surface area contributed by atoms with Gasteiger partial charge in [-0.2, -0.15) is 4.72 Å². The van der Waals surface area contributed by atoms with Crippen molar-refractivity contribution in [1.82, 2.24) is 4.72 Å². The SMILES string of the molecule is COC(=O)C(NS(=O)(=O)c1cccc(F)c1)C(C)(C)C. The third kappa shape index (κ3) is 4.01. The van der Waals surface area contributed by atoms with Gasteiger partial charge in [-0.25, -0.2) is 12.8 Å². The molecule has 0 spiro atoms. The first kappa shape index (κ1) is 16.6. The van der Waals surface area contributed by atoms with Crippen molar-refractivity contribution in [3.05, 3.63) is 30.1 Å². The normalized spacial score (nSPS) is 13.8. The van der Waals surface area contributed by atoms with E-state index in [1.54, 1.807) is 20.8 Å². The summed E-state index contributed by atoms with van der Waals surface area (Å²) in [4.78, 5) is 11.5. The maximum atomic E-state index is 13.1. The van der Waals surface area contributed by atoms with E-state index in [2.05, 4.69) is 9.46 Å². The predicted molar refractivity (Wildman–Crippen MR) is 72.0 cm³/mol. The average molecular weight is 303 g/mol. The monoisotopic (exact) mass is 303 g/mol. The molecule has 0 aliphatic rings. The summed E-state index contributed by atoms with van der Waals surface area (Å²) in [5.41, 5.74) is -0.687. The second kappa shape index (κ2) is 5.88. The van der Waals surface area contributed by atoms with Gasteiger partial charge in [-0.05, 0) is 23.6 Å². The Balaban J connectivity index is 3.13. The summed E-state index contributed by atoms with van der Waals surface area (Å²) < 4.78 is 44.3. The van der Waals surface area contributed by atoms with Crippen LogP contribution in [0, 0.1) is 11.2 Å². The van der Waals surface area contributed by atoms with Crippen molar-refractivity contribution in [2.45, 2.75) is 31.7 Å². The predicted octanol–water partition coefficient (Wildman–Crippen LogP) is 1.69. The van der Waals surface area contributed by atoms with Crippen LogP contribution >= 0.6 is 0 Å². The highest BCUT2D eigenvalue weighted by molar-refractivity contribution is 7.89. The lowest BCUT2D eigenvalue weighted by molar-refractivity contribution is -0.145. The molecule has 112 valence electrons. The van der Waals surface area contributed by atoms with E-state index >= 15 is 0 Å². The number of rotatable bonds is 4. The Bertz CT molecular complexity index is 593. The molecule has 0 aliphatic carbocycles. The van der Waals surface area contributed by atoms with Crippen LogP contribution in [0.4, 0.5) is 4.39 Å². The van der Waals surface area contributed by atoms with Crippen molar-refractivity contribution in [2.24, 2.45) is 5.41 Å². The van der Waals surface area contributed by atoms with Crippen molar-refractivity contribution in [3.63, 3.8) is 0 Å². The summed E-state index contributed by atoms with van der Waals surface area (Å²) >= 11 is 0. The van der Waals surface area contributed by atoms with Gasteiger partial charge in [-0.1, -0.05) is 26.8 Å². The summed E-state index contributed by atoms with van der Waals surface area (Å²) in [6.45, 7) is 5.09. The molecule has 0 bridgehead atoms. The first-order valence-electron chi connectivity index (χ1n) is 5.93. The Hall–Kier alpha value is -1.47. The lowest BCUT2D eigenvalue weighted by atomic mass is 9.87. The van der Waals surface area contributed by atoms with Crippen molar-refractivity contribution in [1.29, 1.82) is 0 Å². The van der Waals surface area contributed by atoms with Crippen LogP contribution in [0.1, 0.15) is 20.8 Å². The second-order valence-corrected chi connectivity index (χ2v) is 7.11. The van der Waals surface area contributed by atoms with Gasteiger partial charge in [0, 0.05) is 0 Å². The molecule has 20 heavy (non-hydrogen) atoms. The maximum absolute atomic E-state index is 13.1. The third-order valence-electron chi connectivity index (χ3n) is 2.68. The van der Waals surface area contributed by atoms with Crippen LogP contribution in [-0.4, -0.2) is 27.5 Å². The molecular formula is C13H18FNO4S. The van der Waals surface area contributed by atoms with Gasteiger partial charge in [0.15, 0.2) is 0 Å². The zero-order chi connectivity index (χ0) is 15.6. The fraction of sp³-hybridized carbons (Fsp3) is 0.462. The van der Waals surface area contributed by atoms with Crippen LogP contribution < -0.4 is 4.72 Å². The number of hydrogen-bond acceptors (Lipinski definition) is 4. The number of ether oxygens (including phenoxy) is 1. The number of nitrogens with one attached hydrogen (secondary N) is 1. The molecule has 1 N–H and O–H groups in total. The Morgan fingerprint density at radius 1 is 1.35 bits per heavy atom. The molecule has 1 aromatic rings. The Kier molecular flexibility index (Phi) is 4.88. The molecule has 0 saturated heterocycles. The van der Waals surface area contributed by atoms with E-state index in [0.29, 0.717) is 0 Å². The van der Waals surface area contributed by atoms with E-state index in [1.807, 2.05) is 0 Å². The molecule has 1 atom stereocenters. The Morgan fingerprint density at radius 3 is 2.40 bits per heavy atom. The van der Waals surface area contributed by atoms with Crippen LogP contribution in [0.2, 0.25) is 0 Å². The van der Waals surface area contributed by atoms with Crippen LogP contribution in [0.3, 0.4) is 0 Å². The number of hydrogen-bond donors (Lipinski definition) is 1. The first-order chi connectivity index (χ1) is 9.08. The highest BCUT2D eigenvalue weighted by atomic mass is 32.2. The van der Waals surface area contributed by atoms with E-state index < -0.39 is 33.3 Å². The summed E-state index contributed by atoms with van der Waals surface area (Å²) in [7, 11) is -2.83. The molecule has 1 unspecified atom stereocenters. The van der Waals surface area contributed by atoms with Gasteiger partial charge in [0.25, 0.3) is 0 Å². The molecule has 0 aliphatic heterocycles. The van der Waals surface area contributed by atoms with E-state index in [1.165, 1.54) is 19.2 Å². The average Bonchev–Trinajstić information content (AvgIpc) is 2.34. The summed E-state index contributed by atoms with van der Waals surface area (Å²) in [6.07, 6.45) is 0. The summed E-state index contributed by atoms with van der Waals surface area (Å²) in [5.74, 6) is -1.37. The highest BCUT2D eigenvalue weighted by Gasteiger charge is 2.36. The Morgan fingerprint density at radius 2 is 1.95 bits per heavy atom. The van der Waals surface area contributed by atoms with Gasteiger partial charge in [0.1, 0.15) is 11.9 Å². The largest absolute Gasteiger partial charge is 0.468 e. The molecule has 1 rings (SSSR count). The number of sulfonamides is 1. The van der Waals surface area contributed by atoms with Gasteiger partial charge in [0.05, 0.1) is 12.0 Å². The minimum absolute atomic E-state index is 0.240. The van der Waals surface area contributed by atoms with Gasteiger partial charge in [0.2, 0.25) is 10.0 Å². The minimum atomic E-state index is -4.01. The molecule has 5 nitrogen and oxygen atoms in total. The van der Waals surface area contributed by atoms with E-state index in [-0.39, 0.29) is 4.90 Å². The van der Waals surface area contributed by atoms with Crippen LogP contribution in [0.5, 0.6) is 0 Å². The van der Waals surface area contributed by atoms with Gasteiger partial charge in [-0.3, -0.25) is 4.79 Å². The van der Waals surface area contributed by atoms with Crippen molar-refractivity contribution >= 4 is 16.0 Å². The number of esters is 1. The van der Waals surface area contributed by atoms with E-state index in [4.69, 9.17) is 0 Å². The standard InChI is InChI=1S/C13H18FNO4S/c1-13(2,3)11(12(16)19-4)15-20(17,18)10-7-5-6-9(14)8-10/h5-8,11,15H,1-4H3. The molecule has 7 heteroatoms. The van der Waals surface area contributed by atoms with Gasteiger partial charge >= 0.3 is 5.97 Å². The molecule has 0 fully saturated rings. The Labute approximate surface area is 118 Å². The molecule has 0 amide bonds. The van der Waals surface area contributed by atoms with Crippen LogP contribution in [0.25, 0.3) is 0 Å². The number of benzene rings is 1. The number of carbonyl (C=O) groups excluding carboxylic acids is 1. The quantitative estimate of drug-likeness (QED) is 0.859. The molecule has 0 radical (unpaired) electrons. The number of methoxy groups -OCH3 is 1. The van der Waals surface area contributed by atoms with Crippen LogP contribution in [-0.2, 0) is 19.6 Å². The van der Waals surface area contributed by atoms with Gasteiger partial charge in [-0.15, -0.1) is 0 Å². The van der Waals surface area contributed by atoms with Crippen LogP contribution in [0.15, 0.2) is 29.2 Å². The number of carbonyl (C=O) groups is 1. The lowest BCUT2D eigenvalue weighted by Crippen LogP contribution is -2.49. The first-order valence-corrected chi connectivity index (χ1v) is 7.42. The molecule has 1 aromatic carbocycles. The number of halogens is 1.